The highest BCUT2D eigenvalue weighted by molar-refractivity contribution is 5.77. The number of rotatable bonds is 7. The molecule has 4 aromatic heterocycles. The second-order valence-electron chi connectivity index (χ2n) is 9.86. The summed E-state index contributed by atoms with van der Waals surface area (Å²) in [5.74, 6) is 1.54. The second kappa shape index (κ2) is 9.44. The molecule has 0 spiro atoms. The standard InChI is InChI=1S/C27H25F3N8O/c1-15(2)38-13-20(27(28,29)30)34-25(38)18-6-4-16(5-7-18)11-37-12-19-10-31-24(35-23(19)36-37)21-22(17-8-9-17)32-14-33-26(21)39-3/h4-7,10,12-15,17H,8-9,11H2,1-3H3. The van der Waals surface area contributed by atoms with Gasteiger partial charge in [0.05, 0.1) is 24.7 Å². The Balaban J connectivity index is 1.27. The Bertz CT molecular complexity index is 1650. The van der Waals surface area contributed by atoms with E-state index in [-0.39, 0.29) is 11.9 Å². The van der Waals surface area contributed by atoms with Crippen LogP contribution in [0.25, 0.3) is 33.8 Å². The van der Waals surface area contributed by atoms with Crippen molar-refractivity contribution < 1.29 is 17.9 Å². The molecule has 1 aliphatic rings. The van der Waals surface area contributed by atoms with Crippen molar-refractivity contribution in [3.8, 4) is 28.7 Å². The number of methoxy groups -OCH3 is 1. The maximum Gasteiger partial charge on any atom is 0.434 e. The normalized spacial score (nSPS) is 13.9. The third-order valence-electron chi connectivity index (χ3n) is 6.67. The predicted molar refractivity (Wildman–Crippen MR) is 137 cm³/mol. The van der Waals surface area contributed by atoms with Gasteiger partial charge < -0.3 is 9.30 Å². The van der Waals surface area contributed by atoms with Gasteiger partial charge in [0.25, 0.3) is 0 Å². The average Bonchev–Trinajstić information content (AvgIpc) is 3.51. The van der Waals surface area contributed by atoms with Gasteiger partial charge in [-0.1, -0.05) is 24.3 Å². The highest BCUT2D eigenvalue weighted by Gasteiger charge is 2.35. The highest BCUT2D eigenvalue weighted by atomic mass is 19.4. The van der Waals surface area contributed by atoms with Crippen molar-refractivity contribution in [1.29, 1.82) is 0 Å². The number of nitrogens with zero attached hydrogens (tertiary/aromatic N) is 8. The van der Waals surface area contributed by atoms with Crippen LogP contribution in [-0.4, -0.2) is 46.4 Å². The second-order valence-corrected chi connectivity index (χ2v) is 9.86. The van der Waals surface area contributed by atoms with Gasteiger partial charge in [-0.2, -0.15) is 18.3 Å². The molecule has 5 aromatic rings. The molecule has 39 heavy (non-hydrogen) atoms. The summed E-state index contributed by atoms with van der Waals surface area (Å²) in [6.07, 6.45) is 3.75. The Labute approximate surface area is 221 Å². The number of alkyl halides is 3. The van der Waals surface area contributed by atoms with Gasteiger partial charge >= 0.3 is 6.18 Å². The number of fused-ring (bicyclic) bond motifs is 1. The molecule has 0 amide bonds. The summed E-state index contributed by atoms with van der Waals surface area (Å²) >= 11 is 0. The monoisotopic (exact) mass is 534 g/mol. The van der Waals surface area contributed by atoms with Crippen molar-refractivity contribution in [1.82, 2.24) is 39.3 Å². The van der Waals surface area contributed by atoms with E-state index in [0.717, 1.165) is 35.7 Å². The topological polar surface area (TPSA) is 96.4 Å². The van der Waals surface area contributed by atoms with E-state index in [9.17, 15) is 13.2 Å². The molecule has 200 valence electrons. The van der Waals surface area contributed by atoms with Gasteiger partial charge in [-0.3, -0.25) is 4.68 Å². The lowest BCUT2D eigenvalue weighted by Gasteiger charge is -2.11. The molecular weight excluding hydrogens is 509 g/mol. The van der Waals surface area contributed by atoms with Gasteiger partial charge in [-0.05, 0) is 32.3 Å². The molecular formula is C27H25F3N8O. The SMILES string of the molecule is COc1ncnc(C2CC2)c1-c1ncc2cn(Cc3ccc(-c4nc(C(F)(F)F)cn4C(C)C)cc3)nc2n1. The third-order valence-corrected chi connectivity index (χ3v) is 6.67. The molecule has 12 heteroatoms. The van der Waals surface area contributed by atoms with E-state index in [2.05, 4.69) is 30.0 Å². The van der Waals surface area contributed by atoms with Crippen LogP contribution < -0.4 is 4.74 Å². The molecule has 0 N–H and O–H groups in total. The maximum atomic E-state index is 13.3. The summed E-state index contributed by atoms with van der Waals surface area (Å²) in [6.45, 7) is 4.09. The molecule has 1 aromatic carbocycles. The summed E-state index contributed by atoms with van der Waals surface area (Å²) in [4.78, 5) is 21.8. The highest BCUT2D eigenvalue weighted by Crippen LogP contribution is 2.44. The van der Waals surface area contributed by atoms with Crippen LogP contribution in [0.15, 0.2) is 49.2 Å². The molecule has 1 saturated carbocycles. The van der Waals surface area contributed by atoms with Gasteiger partial charge in [0, 0.05) is 36.1 Å². The fourth-order valence-electron chi connectivity index (χ4n) is 4.56. The van der Waals surface area contributed by atoms with Gasteiger partial charge in [-0.25, -0.2) is 24.9 Å². The zero-order chi connectivity index (χ0) is 27.3. The lowest BCUT2D eigenvalue weighted by Crippen LogP contribution is -2.05. The number of ether oxygens (including phenoxy) is 1. The zero-order valence-electron chi connectivity index (χ0n) is 21.5. The van der Waals surface area contributed by atoms with E-state index in [1.165, 1.54) is 10.9 Å². The number of imidazole rings is 1. The zero-order valence-corrected chi connectivity index (χ0v) is 21.5. The quantitative estimate of drug-likeness (QED) is 0.265. The molecule has 6 rings (SSSR count). The Kier molecular flexibility index (Phi) is 6.04. The summed E-state index contributed by atoms with van der Waals surface area (Å²) < 4.78 is 48.6. The molecule has 1 aliphatic carbocycles. The Morgan fingerprint density at radius 1 is 1.03 bits per heavy atom. The molecule has 0 saturated heterocycles. The van der Waals surface area contributed by atoms with Crippen molar-refractivity contribution in [3.05, 3.63) is 66.1 Å². The van der Waals surface area contributed by atoms with Crippen molar-refractivity contribution in [2.45, 2.75) is 51.4 Å². The number of hydrogen-bond donors (Lipinski definition) is 0. The largest absolute Gasteiger partial charge is 0.480 e. The van der Waals surface area contributed by atoms with E-state index in [4.69, 9.17) is 4.74 Å². The lowest BCUT2D eigenvalue weighted by atomic mass is 10.1. The van der Waals surface area contributed by atoms with E-state index >= 15 is 0 Å². The van der Waals surface area contributed by atoms with E-state index in [1.807, 2.05) is 32.2 Å². The minimum absolute atomic E-state index is 0.173. The molecule has 0 atom stereocenters. The number of hydrogen-bond acceptors (Lipinski definition) is 7. The van der Waals surface area contributed by atoms with Gasteiger partial charge in [0.2, 0.25) is 5.88 Å². The number of benzene rings is 1. The van der Waals surface area contributed by atoms with Crippen LogP contribution >= 0.6 is 0 Å². The first kappa shape index (κ1) is 25.0. The molecule has 0 aliphatic heterocycles. The van der Waals surface area contributed by atoms with E-state index < -0.39 is 11.9 Å². The minimum Gasteiger partial charge on any atom is -0.480 e. The summed E-state index contributed by atoms with van der Waals surface area (Å²) in [5, 5.41) is 5.41. The van der Waals surface area contributed by atoms with Crippen LogP contribution in [0, 0.1) is 0 Å². The molecule has 0 radical (unpaired) electrons. The Hall–Kier alpha value is -4.35. The van der Waals surface area contributed by atoms with E-state index in [0.29, 0.717) is 40.9 Å². The first-order valence-electron chi connectivity index (χ1n) is 12.6. The first-order chi connectivity index (χ1) is 18.7. The fraction of sp³-hybridized carbons (Fsp3) is 0.333. The van der Waals surface area contributed by atoms with Crippen LogP contribution in [-0.2, 0) is 12.7 Å². The molecule has 0 unspecified atom stereocenters. The van der Waals surface area contributed by atoms with Gasteiger partial charge in [0.1, 0.15) is 17.7 Å². The molecule has 4 heterocycles. The molecule has 0 bridgehead atoms. The van der Waals surface area contributed by atoms with Crippen molar-refractivity contribution in [2.75, 3.05) is 7.11 Å². The minimum atomic E-state index is -4.50. The molecule has 1 fully saturated rings. The Morgan fingerprint density at radius 3 is 2.46 bits per heavy atom. The summed E-state index contributed by atoms with van der Waals surface area (Å²) in [6, 6.07) is 7.10. The van der Waals surface area contributed by atoms with Crippen LogP contribution in [0.4, 0.5) is 13.2 Å². The van der Waals surface area contributed by atoms with Crippen LogP contribution in [0.5, 0.6) is 5.88 Å². The maximum absolute atomic E-state index is 13.3. The number of halogens is 3. The van der Waals surface area contributed by atoms with Crippen molar-refractivity contribution in [2.24, 2.45) is 0 Å². The third kappa shape index (κ3) is 4.82. The Morgan fingerprint density at radius 2 is 1.79 bits per heavy atom. The van der Waals surface area contributed by atoms with Crippen LogP contribution in [0.2, 0.25) is 0 Å². The van der Waals surface area contributed by atoms with Crippen LogP contribution in [0.1, 0.15) is 55.6 Å². The molecule has 9 nitrogen and oxygen atoms in total. The van der Waals surface area contributed by atoms with E-state index in [1.54, 1.807) is 30.1 Å². The number of aromatic nitrogens is 8. The average molecular weight is 535 g/mol. The first-order valence-corrected chi connectivity index (χ1v) is 12.6. The predicted octanol–water partition coefficient (Wildman–Crippen LogP) is 5.68. The van der Waals surface area contributed by atoms with Crippen molar-refractivity contribution in [3.63, 3.8) is 0 Å². The van der Waals surface area contributed by atoms with Crippen LogP contribution in [0.3, 0.4) is 0 Å². The van der Waals surface area contributed by atoms with Gasteiger partial charge in [-0.15, -0.1) is 0 Å². The lowest BCUT2D eigenvalue weighted by molar-refractivity contribution is -0.140. The van der Waals surface area contributed by atoms with Crippen molar-refractivity contribution >= 4 is 11.0 Å². The summed E-state index contributed by atoms with van der Waals surface area (Å²) in [5.41, 5.74) is 2.75. The van der Waals surface area contributed by atoms with Gasteiger partial charge in [0.15, 0.2) is 17.2 Å². The summed E-state index contributed by atoms with van der Waals surface area (Å²) in [7, 11) is 1.56. The smallest absolute Gasteiger partial charge is 0.434 e. The fourth-order valence-corrected chi connectivity index (χ4v) is 4.56.